The van der Waals surface area contributed by atoms with Crippen LogP contribution < -0.4 is 10.6 Å². The maximum absolute atomic E-state index is 12.0. The highest BCUT2D eigenvalue weighted by Crippen LogP contribution is 2.15. The zero-order chi connectivity index (χ0) is 15.2. The topological polar surface area (TPSA) is 61.4 Å². The Bertz CT molecular complexity index is 431. The Morgan fingerprint density at radius 2 is 1.95 bits per heavy atom. The molecule has 0 fully saturated rings. The first-order valence-electron chi connectivity index (χ1n) is 7.16. The summed E-state index contributed by atoms with van der Waals surface area (Å²) in [5, 5.41) is 14.9. The van der Waals surface area contributed by atoms with Gasteiger partial charge >= 0.3 is 6.03 Å². The van der Waals surface area contributed by atoms with Gasteiger partial charge in [0.1, 0.15) is 0 Å². The predicted molar refractivity (Wildman–Crippen MR) is 81.7 cm³/mol. The second kappa shape index (κ2) is 7.29. The van der Waals surface area contributed by atoms with Gasteiger partial charge in [-0.25, -0.2) is 4.79 Å². The number of urea groups is 1. The molecule has 0 aromatic heterocycles. The number of amides is 2. The van der Waals surface area contributed by atoms with Gasteiger partial charge in [-0.3, -0.25) is 0 Å². The number of nitrogens with one attached hydrogen (secondary N) is 2. The zero-order valence-electron chi connectivity index (χ0n) is 12.9. The summed E-state index contributed by atoms with van der Waals surface area (Å²) < 4.78 is 0. The summed E-state index contributed by atoms with van der Waals surface area (Å²) in [4.78, 5) is 12.0. The minimum absolute atomic E-state index is 0.0502. The van der Waals surface area contributed by atoms with Crippen molar-refractivity contribution in [3.8, 4) is 0 Å². The Labute approximate surface area is 121 Å². The monoisotopic (exact) mass is 278 g/mol. The lowest BCUT2D eigenvalue weighted by Gasteiger charge is -2.30. The van der Waals surface area contributed by atoms with Crippen molar-refractivity contribution >= 4 is 6.03 Å². The molecule has 0 bridgehead atoms. The summed E-state index contributed by atoms with van der Waals surface area (Å²) in [7, 11) is 0. The van der Waals surface area contributed by atoms with E-state index in [0.717, 1.165) is 12.0 Å². The molecule has 2 amide bonds. The summed E-state index contributed by atoms with van der Waals surface area (Å²) in [5.74, 6) is 0. The van der Waals surface area contributed by atoms with Crippen LogP contribution in [0, 0.1) is 6.92 Å². The van der Waals surface area contributed by atoms with Crippen molar-refractivity contribution in [3.05, 3.63) is 35.4 Å². The van der Waals surface area contributed by atoms with Gasteiger partial charge in [0, 0.05) is 12.1 Å². The highest BCUT2D eigenvalue weighted by Gasteiger charge is 2.24. The third-order valence-corrected chi connectivity index (χ3v) is 3.78. The van der Waals surface area contributed by atoms with Crippen molar-refractivity contribution in [2.45, 2.75) is 52.1 Å². The molecule has 2 atom stereocenters. The van der Waals surface area contributed by atoms with Gasteiger partial charge in [-0.1, -0.05) is 36.8 Å². The molecule has 3 N–H and O–H groups in total. The molecule has 0 heterocycles. The number of aliphatic hydroxyl groups is 1. The van der Waals surface area contributed by atoms with E-state index in [1.54, 1.807) is 0 Å². The molecule has 0 radical (unpaired) electrons. The lowest BCUT2D eigenvalue weighted by Crippen LogP contribution is -2.50. The average Bonchev–Trinajstić information content (AvgIpc) is 2.39. The molecule has 0 spiro atoms. The largest absolute Gasteiger partial charge is 0.396 e. The molecule has 4 nitrogen and oxygen atoms in total. The second-order valence-corrected chi connectivity index (χ2v) is 5.62. The highest BCUT2D eigenvalue weighted by molar-refractivity contribution is 5.75. The molecule has 0 saturated carbocycles. The lowest BCUT2D eigenvalue weighted by molar-refractivity contribution is 0.199. The predicted octanol–water partition coefficient (Wildman–Crippen LogP) is 2.91. The summed E-state index contributed by atoms with van der Waals surface area (Å²) in [6, 6.07) is 7.86. The van der Waals surface area contributed by atoms with Crippen LogP contribution in [0.1, 0.15) is 50.8 Å². The minimum atomic E-state index is -0.369. The van der Waals surface area contributed by atoms with Gasteiger partial charge in [-0.05, 0) is 39.2 Å². The summed E-state index contributed by atoms with van der Waals surface area (Å²) in [6.45, 7) is 8.01. The molecule has 112 valence electrons. The molecule has 0 aliphatic carbocycles. The average molecular weight is 278 g/mol. The van der Waals surface area contributed by atoms with Crippen LogP contribution >= 0.6 is 0 Å². The van der Waals surface area contributed by atoms with Gasteiger partial charge in [-0.2, -0.15) is 0 Å². The number of aliphatic hydroxyl groups excluding tert-OH is 1. The van der Waals surface area contributed by atoms with Crippen LogP contribution in [-0.4, -0.2) is 23.3 Å². The van der Waals surface area contributed by atoms with E-state index in [9.17, 15) is 4.79 Å². The van der Waals surface area contributed by atoms with E-state index < -0.39 is 0 Å². The van der Waals surface area contributed by atoms with Gasteiger partial charge < -0.3 is 15.7 Å². The van der Waals surface area contributed by atoms with Gasteiger partial charge in [0.05, 0.1) is 6.04 Å². The Morgan fingerprint density at radius 3 is 2.45 bits per heavy atom. The Balaban J connectivity index is 2.59. The van der Waals surface area contributed by atoms with E-state index >= 15 is 0 Å². The molecular weight excluding hydrogens is 252 g/mol. The number of carbonyl (C=O) groups is 1. The van der Waals surface area contributed by atoms with Crippen LogP contribution in [0.3, 0.4) is 0 Å². The maximum atomic E-state index is 12.0. The summed E-state index contributed by atoms with van der Waals surface area (Å²) in [5.41, 5.74) is 1.91. The van der Waals surface area contributed by atoms with Crippen molar-refractivity contribution in [2.75, 3.05) is 6.61 Å². The molecule has 1 rings (SSSR count). The van der Waals surface area contributed by atoms with E-state index in [1.165, 1.54) is 5.56 Å². The number of aryl methyl sites for hydroxylation is 1. The lowest BCUT2D eigenvalue weighted by atomic mass is 9.95. The van der Waals surface area contributed by atoms with Crippen molar-refractivity contribution in [1.82, 2.24) is 10.6 Å². The molecule has 0 saturated heterocycles. The first kappa shape index (κ1) is 16.5. The van der Waals surface area contributed by atoms with Crippen LogP contribution in [0.4, 0.5) is 4.79 Å². The van der Waals surface area contributed by atoms with Crippen molar-refractivity contribution < 1.29 is 9.90 Å². The molecule has 4 heteroatoms. The highest BCUT2D eigenvalue weighted by atomic mass is 16.3. The zero-order valence-corrected chi connectivity index (χ0v) is 12.9. The molecule has 1 aromatic rings. The second-order valence-electron chi connectivity index (χ2n) is 5.62. The van der Waals surface area contributed by atoms with Crippen molar-refractivity contribution in [2.24, 2.45) is 0 Å². The van der Waals surface area contributed by atoms with E-state index in [1.807, 2.05) is 52.0 Å². The SMILES string of the molecule is CCC(C)(CCO)NC(=O)NC(C)c1ccc(C)cc1. The van der Waals surface area contributed by atoms with Crippen LogP contribution in [0.25, 0.3) is 0 Å². The van der Waals surface area contributed by atoms with Gasteiger partial charge in [0.2, 0.25) is 0 Å². The van der Waals surface area contributed by atoms with Crippen molar-refractivity contribution in [3.63, 3.8) is 0 Å². The number of hydrogen-bond donors (Lipinski definition) is 3. The van der Waals surface area contributed by atoms with Crippen LogP contribution in [0.15, 0.2) is 24.3 Å². The Kier molecular flexibility index (Phi) is 6.02. The third kappa shape index (κ3) is 4.85. The fraction of sp³-hybridized carbons (Fsp3) is 0.562. The van der Waals surface area contributed by atoms with Gasteiger partial charge in [0.25, 0.3) is 0 Å². The molecular formula is C16H26N2O2. The van der Waals surface area contributed by atoms with E-state index in [4.69, 9.17) is 5.11 Å². The minimum Gasteiger partial charge on any atom is -0.396 e. The molecule has 0 aliphatic rings. The molecule has 0 aliphatic heterocycles. The number of hydrogen-bond acceptors (Lipinski definition) is 2. The molecule has 1 aromatic carbocycles. The van der Waals surface area contributed by atoms with Crippen LogP contribution in [0.5, 0.6) is 0 Å². The van der Waals surface area contributed by atoms with Crippen LogP contribution in [-0.2, 0) is 0 Å². The van der Waals surface area contributed by atoms with E-state index in [0.29, 0.717) is 6.42 Å². The first-order valence-corrected chi connectivity index (χ1v) is 7.16. The standard InChI is InChI=1S/C16H26N2O2/c1-5-16(4,10-11-19)18-15(20)17-13(3)14-8-6-12(2)7-9-14/h6-9,13,19H,5,10-11H2,1-4H3,(H2,17,18,20). The van der Waals surface area contributed by atoms with Crippen molar-refractivity contribution in [1.29, 1.82) is 0 Å². The number of benzene rings is 1. The van der Waals surface area contributed by atoms with E-state index in [2.05, 4.69) is 10.6 Å². The number of carbonyl (C=O) groups excluding carboxylic acids is 1. The summed E-state index contributed by atoms with van der Waals surface area (Å²) >= 11 is 0. The fourth-order valence-electron chi connectivity index (χ4n) is 2.02. The van der Waals surface area contributed by atoms with Gasteiger partial charge in [0.15, 0.2) is 0 Å². The number of rotatable bonds is 6. The summed E-state index contributed by atoms with van der Waals surface area (Å²) in [6.07, 6.45) is 1.33. The smallest absolute Gasteiger partial charge is 0.315 e. The molecule has 2 unspecified atom stereocenters. The Hall–Kier alpha value is -1.55. The van der Waals surface area contributed by atoms with Crippen LogP contribution in [0.2, 0.25) is 0 Å². The maximum Gasteiger partial charge on any atom is 0.315 e. The van der Waals surface area contributed by atoms with E-state index in [-0.39, 0.29) is 24.2 Å². The molecule has 20 heavy (non-hydrogen) atoms. The normalized spacial score (nSPS) is 15.2. The quantitative estimate of drug-likeness (QED) is 0.749. The first-order chi connectivity index (χ1) is 9.40. The third-order valence-electron chi connectivity index (χ3n) is 3.78. The van der Waals surface area contributed by atoms with Gasteiger partial charge in [-0.15, -0.1) is 0 Å². The Morgan fingerprint density at radius 1 is 1.35 bits per heavy atom. The fourth-order valence-corrected chi connectivity index (χ4v) is 2.02.